The minimum absolute atomic E-state index is 0.585. The second-order valence-corrected chi connectivity index (χ2v) is 4.15. The van der Waals surface area contributed by atoms with Gasteiger partial charge in [-0.05, 0) is 25.8 Å². The van der Waals surface area contributed by atoms with Crippen LogP contribution in [0.15, 0.2) is 6.07 Å². The van der Waals surface area contributed by atoms with Crippen LogP contribution in [0.2, 0.25) is 0 Å². The molecule has 0 bridgehead atoms. The molecule has 5 heteroatoms. The third-order valence-corrected chi connectivity index (χ3v) is 2.95. The van der Waals surface area contributed by atoms with Gasteiger partial charge in [-0.2, -0.15) is 4.98 Å². The van der Waals surface area contributed by atoms with E-state index in [4.69, 9.17) is 10.5 Å². The maximum Gasteiger partial charge on any atom is 0.218 e. The number of aromatic nitrogens is 2. The van der Waals surface area contributed by atoms with Crippen molar-refractivity contribution in [1.82, 2.24) is 9.97 Å². The fourth-order valence-corrected chi connectivity index (χ4v) is 2.02. The van der Waals surface area contributed by atoms with E-state index >= 15 is 0 Å². The molecule has 2 N–H and O–H groups in total. The van der Waals surface area contributed by atoms with E-state index in [1.54, 1.807) is 7.11 Å². The lowest BCUT2D eigenvalue weighted by Gasteiger charge is -2.18. The summed E-state index contributed by atoms with van der Waals surface area (Å²) in [6.45, 7) is 4.62. The van der Waals surface area contributed by atoms with Crippen molar-refractivity contribution in [2.75, 3.05) is 31.6 Å². The summed E-state index contributed by atoms with van der Waals surface area (Å²) in [6.07, 6.45) is 1.14. The Morgan fingerprint density at radius 2 is 2.38 bits per heavy atom. The van der Waals surface area contributed by atoms with Gasteiger partial charge in [-0.3, -0.25) is 0 Å². The van der Waals surface area contributed by atoms with Crippen molar-refractivity contribution in [3.05, 3.63) is 11.9 Å². The molecule has 0 saturated carbocycles. The summed E-state index contributed by atoms with van der Waals surface area (Å²) in [4.78, 5) is 10.8. The molecule has 16 heavy (non-hydrogen) atoms. The van der Waals surface area contributed by atoms with Gasteiger partial charge in [0.2, 0.25) is 5.88 Å². The van der Waals surface area contributed by atoms with Gasteiger partial charge in [0.05, 0.1) is 7.11 Å². The molecule has 1 aliphatic heterocycles. The summed E-state index contributed by atoms with van der Waals surface area (Å²) < 4.78 is 5.15. The first-order valence-corrected chi connectivity index (χ1v) is 5.57. The van der Waals surface area contributed by atoms with Crippen LogP contribution >= 0.6 is 0 Å². The van der Waals surface area contributed by atoms with Gasteiger partial charge in [0.1, 0.15) is 11.6 Å². The first kappa shape index (κ1) is 11.1. The summed E-state index contributed by atoms with van der Waals surface area (Å²) >= 11 is 0. The van der Waals surface area contributed by atoms with Gasteiger partial charge in [0.25, 0.3) is 0 Å². The molecular formula is C11H18N4O. The van der Waals surface area contributed by atoms with E-state index < -0.39 is 0 Å². The minimum atomic E-state index is 0.585. The van der Waals surface area contributed by atoms with Crippen molar-refractivity contribution < 1.29 is 4.74 Å². The summed E-state index contributed by atoms with van der Waals surface area (Å²) in [6, 6.07) is 1.88. The zero-order valence-corrected chi connectivity index (χ0v) is 9.81. The lowest BCUT2D eigenvalue weighted by atomic mass is 10.1. The zero-order valence-electron chi connectivity index (χ0n) is 9.81. The number of rotatable bonds is 3. The van der Waals surface area contributed by atoms with Gasteiger partial charge in [0, 0.05) is 19.2 Å². The van der Waals surface area contributed by atoms with Crippen LogP contribution in [0.4, 0.5) is 5.82 Å². The minimum Gasteiger partial charge on any atom is -0.481 e. The molecule has 0 aromatic carbocycles. The number of aryl methyl sites for hydroxylation is 1. The maximum atomic E-state index is 5.68. The summed E-state index contributed by atoms with van der Waals surface area (Å²) in [7, 11) is 1.62. The Bertz CT molecular complexity index is 369. The quantitative estimate of drug-likeness (QED) is 0.810. The van der Waals surface area contributed by atoms with Gasteiger partial charge < -0.3 is 15.4 Å². The van der Waals surface area contributed by atoms with Crippen LogP contribution < -0.4 is 15.4 Å². The number of hydrogen-bond donors (Lipinski definition) is 1. The second-order valence-electron chi connectivity index (χ2n) is 4.15. The molecule has 0 spiro atoms. The highest BCUT2D eigenvalue weighted by molar-refractivity contribution is 5.42. The first-order chi connectivity index (χ1) is 7.72. The number of methoxy groups -OCH3 is 1. The van der Waals surface area contributed by atoms with Crippen molar-refractivity contribution in [3.8, 4) is 5.88 Å². The molecular weight excluding hydrogens is 204 g/mol. The molecule has 88 valence electrons. The van der Waals surface area contributed by atoms with Crippen LogP contribution in [0.1, 0.15) is 12.2 Å². The largest absolute Gasteiger partial charge is 0.481 e. The average Bonchev–Trinajstić information content (AvgIpc) is 2.76. The van der Waals surface area contributed by atoms with E-state index in [9.17, 15) is 0 Å². The van der Waals surface area contributed by atoms with E-state index in [1.165, 1.54) is 0 Å². The van der Waals surface area contributed by atoms with Crippen molar-refractivity contribution in [2.45, 2.75) is 13.3 Å². The number of anilines is 1. The first-order valence-electron chi connectivity index (χ1n) is 5.57. The Kier molecular flexibility index (Phi) is 3.24. The molecule has 5 nitrogen and oxygen atoms in total. The smallest absolute Gasteiger partial charge is 0.218 e. The third-order valence-electron chi connectivity index (χ3n) is 2.95. The van der Waals surface area contributed by atoms with Gasteiger partial charge in [0.15, 0.2) is 0 Å². The normalized spacial score (nSPS) is 20.2. The van der Waals surface area contributed by atoms with E-state index in [1.807, 2.05) is 13.0 Å². The monoisotopic (exact) mass is 222 g/mol. The SMILES string of the molecule is COc1cc(N2CCC(CN)C2)nc(C)n1. The molecule has 1 aromatic rings. The van der Waals surface area contributed by atoms with Crippen molar-refractivity contribution in [2.24, 2.45) is 11.7 Å². The molecule has 1 aromatic heterocycles. The number of hydrogen-bond acceptors (Lipinski definition) is 5. The number of ether oxygens (including phenoxy) is 1. The Morgan fingerprint density at radius 3 is 3.00 bits per heavy atom. The van der Waals surface area contributed by atoms with E-state index in [0.717, 1.165) is 37.7 Å². The highest BCUT2D eigenvalue weighted by atomic mass is 16.5. The van der Waals surface area contributed by atoms with Crippen LogP contribution in [0, 0.1) is 12.8 Å². The fraction of sp³-hybridized carbons (Fsp3) is 0.636. The molecule has 1 fully saturated rings. The molecule has 2 heterocycles. The zero-order chi connectivity index (χ0) is 11.5. The molecule has 2 rings (SSSR count). The van der Waals surface area contributed by atoms with E-state index in [0.29, 0.717) is 11.8 Å². The van der Waals surface area contributed by atoms with Crippen molar-refractivity contribution in [3.63, 3.8) is 0 Å². The lowest BCUT2D eigenvalue weighted by Crippen LogP contribution is -2.23. The lowest BCUT2D eigenvalue weighted by molar-refractivity contribution is 0.395. The maximum absolute atomic E-state index is 5.68. The Hall–Kier alpha value is -1.36. The Balaban J connectivity index is 2.17. The predicted molar refractivity (Wildman–Crippen MR) is 62.7 cm³/mol. The van der Waals surface area contributed by atoms with Gasteiger partial charge >= 0.3 is 0 Å². The van der Waals surface area contributed by atoms with E-state index in [-0.39, 0.29) is 0 Å². The van der Waals surface area contributed by atoms with Crippen LogP contribution in [0.5, 0.6) is 5.88 Å². The number of nitrogens with zero attached hydrogens (tertiary/aromatic N) is 3. The Morgan fingerprint density at radius 1 is 1.56 bits per heavy atom. The average molecular weight is 222 g/mol. The van der Waals surface area contributed by atoms with Crippen molar-refractivity contribution >= 4 is 5.82 Å². The second kappa shape index (κ2) is 4.65. The standard InChI is InChI=1S/C11H18N4O/c1-8-13-10(5-11(14-8)16-2)15-4-3-9(6-12)7-15/h5,9H,3-4,6-7,12H2,1-2H3. The van der Waals surface area contributed by atoms with Crippen LogP contribution in [-0.2, 0) is 0 Å². The molecule has 1 aliphatic rings. The molecule has 0 aliphatic carbocycles. The van der Waals surface area contributed by atoms with Crippen LogP contribution in [-0.4, -0.2) is 36.7 Å². The summed E-state index contributed by atoms with van der Waals surface area (Å²) in [5.41, 5.74) is 5.68. The highest BCUT2D eigenvalue weighted by Crippen LogP contribution is 2.23. The van der Waals surface area contributed by atoms with Crippen LogP contribution in [0.3, 0.4) is 0 Å². The summed E-state index contributed by atoms with van der Waals surface area (Å²) in [5.74, 6) is 2.89. The van der Waals surface area contributed by atoms with Gasteiger partial charge in [-0.25, -0.2) is 4.98 Å². The van der Waals surface area contributed by atoms with Crippen molar-refractivity contribution in [1.29, 1.82) is 0 Å². The Labute approximate surface area is 95.6 Å². The molecule has 0 amide bonds. The predicted octanol–water partition coefficient (Wildman–Crippen LogP) is 0.579. The fourth-order valence-electron chi connectivity index (χ4n) is 2.02. The van der Waals surface area contributed by atoms with E-state index in [2.05, 4.69) is 14.9 Å². The highest BCUT2D eigenvalue weighted by Gasteiger charge is 2.22. The van der Waals surface area contributed by atoms with Crippen LogP contribution in [0.25, 0.3) is 0 Å². The van der Waals surface area contributed by atoms with Gasteiger partial charge in [-0.1, -0.05) is 0 Å². The number of nitrogens with two attached hydrogens (primary N) is 1. The molecule has 0 radical (unpaired) electrons. The third kappa shape index (κ3) is 2.24. The molecule has 1 atom stereocenters. The van der Waals surface area contributed by atoms with Gasteiger partial charge in [-0.15, -0.1) is 0 Å². The summed E-state index contributed by atoms with van der Waals surface area (Å²) in [5, 5.41) is 0. The molecule has 1 saturated heterocycles. The molecule has 1 unspecified atom stereocenters. The topological polar surface area (TPSA) is 64.3 Å².